The van der Waals surface area contributed by atoms with E-state index in [1.807, 2.05) is 9.80 Å². The Kier molecular flexibility index (Phi) is 7.61. The molecule has 29 heavy (non-hydrogen) atoms. The summed E-state index contributed by atoms with van der Waals surface area (Å²) in [6.45, 7) is 3.84. The molecule has 1 amide bonds. The first-order valence-electron chi connectivity index (χ1n) is 9.80. The minimum atomic E-state index is -0.617. The lowest BCUT2D eigenvalue weighted by Gasteiger charge is -2.28. The Balaban J connectivity index is 1.70. The molecule has 2 aromatic carbocycles. The molecule has 1 heterocycles. The lowest BCUT2D eigenvalue weighted by atomic mass is 10.1. The Morgan fingerprint density at radius 2 is 1.79 bits per heavy atom. The van der Waals surface area contributed by atoms with Gasteiger partial charge in [0.05, 0.1) is 6.54 Å². The molecule has 0 radical (unpaired) electrons. The van der Waals surface area contributed by atoms with Crippen LogP contribution in [-0.4, -0.2) is 41.1 Å². The average Bonchev–Trinajstić information content (AvgIpc) is 3.16. The van der Waals surface area contributed by atoms with E-state index in [0.717, 1.165) is 30.2 Å². The number of carbonyl (C=O) groups excluding carboxylic acids is 1. The summed E-state index contributed by atoms with van der Waals surface area (Å²) in [5.74, 6) is -0.749. The van der Waals surface area contributed by atoms with Gasteiger partial charge in [-0.25, -0.2) is 13.2 Å². The number of thioether (sulfide) groups is 1. The van der Waals surface area contributed by atoms with E-state index in [1.54, 1.807) is 23.9 Å². The van der Waals surface area contributed by atoms with Crippen LogP contribution in [0.1, 0.15) is 36.3 Å². The molecule has 1 aliphatic heterocycles. The zero-order chi connectivity index (χ0) is 20.8. The topological polar surface area (TPSA) is 23.6 Å². The SMILES string of the molecule is CCCCN(CC(=O)N1CCS[C@H]1c1ccc(F)cc1)Cc1cc(F)cc(F)c1. The minimum absolute atomic E-state index is 0.0303. The van der Waals surface area contributed by atoms with Crippen molar-refractivity contribution in [2.75, 3.05) is 25.4 Å². The number of benzene rings is 2. The van der Waals surface area contributed by atoms with Gasteiger partial charge in [0.15, 0.2) is 0 Å². The van der Waals surface area contributed by atoms with E-state index in [2.05, 4.69) is 6.92 Å². The highest BCUT2D eigenvalue weighted by Crippen LogP contribution is 2.38. The van der Waals surface area contributed by atoms with Gasteiger partial charge >= 0.3 is 0 Å². The predicted molar refractivity (Wildman–Crippen MR) is 110 cm³/mol. The summed E-state index contributed by atoms with van der Waals surface area (Å²) in [4.78, 5) is 16.8. The molecule has 0 spiro atoms. The van der Waals surface area contributed by atoms with Gasteiger partial charge < -0.3 is 4.90 Å². The van der Waals surface area contributed by atoms with Crippen molar-refractivity contribution < 1.29 is 18.0 Å². The molecule has 0 saturated carbocycles. The Bertz CT molecular complexity index is 811. The Labute approximate surface area is 173 Å². The molecule has 7 heteroatoms. The molecule has 2 aromatic rings. The molecule has 0 bridgehead atoms. The van der Waals surface area contributed by atoms with Crippen molar-refractivity contribution in [3.8, 4) is 0 Å². The first kappa shape index (κ1) is 21.7. The number of rotatable bonds is 8. The van der Waals surface area contributed by atoms with Crippen LogP contribution in [0.15, 0.2) is 42.5 Å². The van der Waals surface area contributed by atoms with Crippen LogP contribution in [0.2, 0.25) is 0 Å². The van der Waals surface area contributed by atoms with Crippen LogP contribution in [0, 0.1) is 17.5 Å². The summed E-state index contributed by atoms with van der Waals surface area (Å²) in [6, 6.07) is 9.69. The molecule has 156 valence electrons. The molecule has 3 nitrogen and oxygen atoms in total. The number of hydrogen-bond donors (Lipinski definition) is 0. The van der Waals surface area contributed by atoms with Crippen molar-refractivity contribution in [1.82, 2.24) is 9.80 Å². The number of halogens is 3. The average molecular weight is 423 g/mol. The monoisotopic (exact) mass is 422 g/mol. The zero-order valence-corrected chi connectivity index (χ0v) is 17.2. The van der Waals surface area contributed by atoms with Crippen LogP contribution in [0.25, 0.3) is 0 Å². The number of nitrogens with zero attached hydrogens (tertiary/aromatic N) is 2. The lowest BCUT2D eigenvalue weighted by Crippen LogP contribution is -2.40. The van der Waals surface area contributed by atoms with Crippen molar-refractivity contribution in [3.05, 3.63) is 71.0 Å². The van der Waals surface area contributed by atoms with Crippen LogP contribution in [0.4, 0.5) is 13.2 Å². The van der Waals surface area contributed by atoms with Gasteiger partial charge in [-0.2, -0.15) is 0 Å². The summed E-state index contributed by atoms with van der Waals surface area (Å²) in [5.41, 5.74) is 1.41. The standard InChI is InChI=1S/C22H25F3N2OS/c1-2-3-8-26(14-16-11-19(24)13-20(25)12-16)15-21(28)27-9-10-29-22(27)17-4-6-18(23)7-5-17/h4-7,11-13,22H,2-3,8-10,14-15H2,1H3/t22-/m0/s1. The maximum Gasteiger partial charge on any atom is 0.237 e. The van der Waals surface area contributed by atoms with Gasteiger partial charge in [0.25, 0.3) is 0 Å². The van der Waals surface area contributed by atoms with E-state index in [9.17, 15) is 18.0 Å². The summed E-state index contributed by atoms with van der Waals surface area (Å²) >= 11 is 1.66. The summed E-state index contributed by atoms with van der Waals surface area (Å²) in [5, 5.41) is -0.136. The van der Waals surface area contributed by atoms with Crippen LogP contribution in [0.5, 0.6) is 0 Å². The molecule has 1 saturated heterocycles. The molecular formula is C22H25F3N2OS. The summed E-state index contributed by atoms with van der Waals surface area (Å²) < 4.78 is 40.3. The molecule has 0 N–H and O–H groups in total. The summed E-state index contributed by atoms with van der Waals surface area (Å²) in [6.07, 6.45) is 1.85. The Morgan fingerprint density at radius 3 is 2.45 bits per heavy atom. The second-order valence-electron chi connectivity index (χ2n) is 7.20. The predicted octanol–water partition coefficient (Wildman–Crippen LogP) is 4.98. The van der Waals surface area contributed by atoms with E-state index in [4.69, 9.17) is 0 Å². The van der Waals surface area contributed by atoms with Gasteiger partial charge in [0.1, 0.15) is 22.8 Å². The molecule has 1 aliphatic rings. The van der Waals surface area contributed by atoms with Gasteiger partial charge in [0.2, 0.25) is 5.91 Å². The molecule has 0 unspecified atom stereocenters. The number of hydrogen-bond acceptors (Lipinski definition) is 3. The van der Waals surface area contributed by atoms with Crippen LogP contribution >= 0.6 is 11.8 Å². The van der Waals surface area contributed by atoms with Crippen LogP contribution < -0.4 is 0 Å². The maximum absolute atomic E-state index is 13.5. The fourth-order valence-corrected chi connectivity index (χ4v) is 4.75. The van der Waals surface area contributed by atoms with Gasteiger partial charge in [-0.1, -0.05) is 25.5 Å². The molecule has 3 rings (SSSR count). The molecule has 0 aromatic heterocycles. The number of amides is 1. The maximum atomic E-state index is 13.5. The largest absolute Gasteiger partial charge is 0.325 e. The summed E-state index contributed by atoms with van der Waals surface area (Å²) in [7, 11) is 0. The van der Waals surface area contributed by atoms with Gasteiger partial charge in [-0.15, -0.1) is 11.8 Å². The van der Waals surface area contributed by atoms with E-state index in [-0.39, 0.29) is 23.6 Å². The van der Waals surface area contributed by atoms with Gasteiger partial charge in [-0.05, 0) is 48.4 Å². The van der Waals surface area contributed by atoms with Crippen molar-refractivity contribution in [2.45, 2.75) is 31.7 Å². The first-order chi connectivity index (χ1) is 14.0. The minimum Gasteiger partial charge on any atom is -0.325 e. The fourth-order valence-electron chi connectivity index (χ4n) is 3.47. The fraction of sp³-hybridized carbons (Fsp3) is 0.409. The Hall–Kier alpha value is -1.99. The normalized spacial score (nSPS) is 16.6. The highest BCUT2D eigenvalue weighted by Gasteiger charge is 2.31. The third kappa shape index (κ3) is 6.00. The third-order valence-electron chi connectivity index (χ3n) is 4.88. The van der Waals surface area contributed by atoms with Crippen molar-refractivity contribution in [1.29, 1.82) is 0 Å². The number of unbranched alkanes of at least 4 members (excludes halogenated alkanes) is 1. The third-order valence-corrected chi connectivity index (χ3v) is 6.14. The van der Waals surface area contributed by atoms with Crippen LogP contribution in [0.3, 0.4) is 0 Å². The molecular weight excluding hydrogens is 397 g/mol. The second kappa shape index (κ2) is 10.2. The number of carbonyl (C=O) groups is 1. The molecule has 1 atom stereocenters. The smallest absolute Gasteiger partial charge is 0.237 e. The van der Waals surface area contributed by atoms with Crippen molar-refractivity contribution in [2.24, 2.45) is 0 Å². The van der Waals surface area contributed by atoms with Crippen LogP contribution in [-0.2, 0) is 11.3 Å². The van der Waals surface area contributed by atoms with Gasteiger partial charge in [-0.3, -0.25) is 9.69 Å². The zero-order valence-electron chi connectivity index (χ0n) is 16.4. The Morgan fingerprint density at radius 1 is 1.10 bits per heavy atom. The van der Waals surface area contributed by atoms with E-state index in [1.165, 1.54) is 24.3 Å². The molecule has 0 aliphatic carbocycles. The second-order valence-corrected chi connectivity index (χ2v) is 8.39. The molecule has 1 fully saturated rings. The lowest BCUT2D eigenvalue weighted by molar-refractivity contribution is -0.132. The van der Waals surface area contributed by atoms with E-state index >= 15 is 0 Å². The first-order valence-corrected chi connectivity index (χ1v) is 10.8. The van der Waals surface area contributed by atoms with Crippen molar-refractivity contribution in [3.63, 3.8) is 0 Å². The van der Waals surface area contributed by atoms with E-state index < -0.39 is 11.6 Å². The quantitative estimate of drug-likeness (QED) is 0.599. The van der Waals surface area contributed by atoms with Crippen molar-refractivity contribution >= 4 is 17.7 Å². The van der Waals surface area contributed by atoms with E-state index in [0.29, 0.717) is 25.2 Å². The highest BCUT2D eigenvalue weighted by atomic mass is 32.2. The highest BCUT2D eigenvalue weighted by molar-refractivity contribution is 7.99. The van der Waals surface area contributed by atoms with Gasteiger partial charge in [0, 0.05) is 24.9 Å².